The number of nitrogens with one attached hydrogen (secondary N) is 1. The fraction of sp³-hybridized carbons (Fsp3) is 0.654. The molecule has 2 aliphatic heterocycles. The second-order valence-electron chi connectivity index (χ2n) is 10.5. The van der Waals surface area contributed by atoms with Crippen molar-refractivity contribution in [1.29, 1.82) is 0 Å². The predicted octanol–water partition coefficient (Wildman–Crippen LogP) is 1.18. The molecule has 13 nitrogen and oxygen atoms in total. The number of hydrogen-bond donors (Lipinski definition) is 1. The highest BCUT2D eigenvalue weighted by atomic mass is 16.5. The van der Waals surface area contributed by atoms with Gasteiger partial charge in [-0.15, -0.1) is 0 Å². The molecule has 13 heteroatoms. The van der Waals surface area contributed by atoms with Crippen molar-refractivity contribution >= 4 is 17.4 Å². The van der Waals surface area contributed by atoms with Gasteiger partial charge in [-0.25, -0.2) is 15.0 Å². The Morgan fingerprint density at radius 2 is 1.74 bits per heavy atom. The molecule has 1 N–H and O–H groups in total. The van der Waals surface area contributed by atoms with E-state index in [-0.39, 0.29) is 6.10 Å². The monoisotopic (exact) mass is 538 g/mol. The van der Waals surface area contributed by atoms with Crippen LogP contribution >= 0.6 is 0 Å². The maximum absolute atomic E-state index is 6.37. The summed E-state index contributed by atoms with van der Waals surface area (Å²) in [5.74, 6) is 2.20. The van der Waals surface area contributed by atoms with Crippen LogP contribution in [0.2, 0.25) is 0 Å². The molecular weight excluding hydrogens is 500 g/mol. The van der Waals surface area contributed by atoms with Crippen LogP contribution in [-0.4, -0.2) is 124 Å². The minimum atomic E-state index is 0.0693. The zero-order chi connectivity index (χ0) is 26.4. The van der Waals surface area contributed by atoms with E-state index in [9.17, 15) is 0 Å². The maximum atomic E-state index is 6.37. The molecule has 3 aliphatic rings. The van der Waals surface area contributed by atoms with Crippen LogP contribution in [0.3, 0.4) is 0 Å². The van der Waals surface area contributed by atoms with Crippen LogP contribution in [0, 0.1) is 0 Å². The van der Waals surface area contributed by atoms with Gasteiger partial charge in [0.05, 0.1) is 25.6 Å². The van der Waals surface area contributed by atoms with Crippen molar-refractivity contribution in [2.75, 3.05) is 82.9 Å². The van der Waals surface area contributed by atoms with Gasteiger partial charge < -0.3 is 29.3 Å². The fourth-order valence-corrected chi connectivity index (χ4v) is 5.31. The minimum absolute atomic E-state index is 0.0693. The highest BCUT2D eigenvalue weighted by Crippen LogP contribution is 2.27. The molecule has 2 saturated heterocycles. The molecule has 210 valence electrons. The lowest BCUT2D eigenvalue weighted by atomic mass is 9.93. The molecule has 3 fully saturated rings. The molecule has 1 saturated carbocycles. The zero-order valence-electron chi connectivity index (χ0n) is 22.6. The Bertz CT molecular complexity index is 1190. The predicted molar refractivity (Wildman–Crippen MR) is 146 cm³/mol. The average molecular weight is 539 g/mol. The quantitative estimate of drug-likeness (QED) is 0.421. The molecule has 6 rings (SSSR count). The van der Waals surface area contributed by atoms with E-state index in [0.717, 1.165) is 83.0 Å². The number of piperazine rings is 1. The largest absolute Gasteiger partial charge is 0.489 e. The van der Waals surface area contributed by atoms with Gasteiger partial charge >= 0.3 is 6.01 Å². The smallest absolute Gasteiger partial charge is 0.321 e. The standard InChI is InChI=1S/C26H38N10O3/c1-33-6-8-34(9-7-33)10-15-38-22-17-27-25(28-18-22)31-20-2-4-21(5-3-20)39-26-32-24(35-11-13-37-14-12-35)16-23-29-19-30-36(23)26/h16-21H,2-15H2,1H3,(H,27,28,31). The van der Waals surface area contributed by atoms with Crippen molar-refractivity contribution in [3.63, 3.8) is 0 Å². The summed E-state index contributed by atoms with van der Waals surface area (Å²) in [6.45, 7) is 8.99. The normalized spacial score (nSPS) is 23.2. The second kappa shape index (κ2) is 12.3. The number of aromatic nitrogens is 6. The molecule has 0 bridgehead atoms. The van der Waals surface area contributed by atoms with E-state index < -0.39 is 0 Å². The van der Waals surface area contributed by atoms with Crippen molar-refractivity contribution in [2.45, 2.75) is 37.8 Å². The number of anilines is 2. The van der Waals surface area contributed by atoms with Gasteiger partial charge in [-0.3, -0.25) is 4.90 Å². The van der Waals surface area contributed by atoms with Crippen molar-refractivity contribution in [3.8, 4) is 11.8 Å². The van der Waals surface area contributed by atoms with Crippen LogP contribution in [0.5, 0.6) is 11.8 Å². The Kier molecular flexibility index (Phi) is 8.16. The van der Waals surface area contributed by atoms with Crippen molar-refractivity contribution < 1.29 is 14.2 Å². The molecule has 3 aromatic heterocycles. The SMILES string of the molecule is CN1CCN(CCOc2cnc(NC3CCC(Oc4nc(N5CCOCC5)cc5ncnn45)CC3)nc2)CC1. The third-order valence-electron chi connectivity index (χ3n) is 7.74. The van der Waals surface area contributed by atoms with Crippen molar-refractivity contribution in [2.24, 2.45) is 0 Å². The molecule has 0 atom stereocenters. The first-order valence-electron chi connectivity index (χ1n) is 14.0. The first kappa shape index (κ1) is 26.0. The van der Waals surface area contributed by atoms with Gasteiger partial charge in [0.25, 0.3) is 0 Å². The summed E-state index contributed by atoms with van der Waals surface area (Å²) in [5, 5.41) is 7.80. The van der Waals surface area contributed by atoms with Crippen LogP contribution in [0.1, 0.15) is 25.7 Å². The van der Waals surface area contributed by atoms with Crippen LogP contribution in [0.25, 0.3) is 5.65 Å². The van der Waals surface area contributed by atoms with Gasteiger partial charge in [0.2, 0.25) is 5.95 Å². The Morgan fingerprint density at radius 3 is 2.51 bits per heavy atom. The summed E-state index contributed by atoms with van der Waals surface area (Å²) in [4.78, 5) is 25.1. The number of morpholine rings is 1. The van der Waals surface area contributed by atoms with Gasteiger partial charge in [-0.2, -0.15) is 14.6 Å². The summed E-state index contributed by atoms with van der Waals surface area (Å²) in [7, 11) is 2.17. The minimum Gasteiger partial charge on any atom is -0.489 e. The molecule has 0 radical (unpaired) electrons. The van der Waals surface area contributed by atoms with Crippen molar-refractivity contribution in [1.82, 2.24) is 39.3 Å². The Morgan fingerprint density at radius 1 is 0.974 bits per heavy atom. The van der Waals surface area contributed by atoms with Crippen LogP contribution in [0.15, 0.2) is 24.8 Å². The third kappa shape index (κ3) is 6.65. The van der Waals surface area contributed by atoms with E-state index in [2.05, 4.69) is 47.1 Å². The van der Waals surface area contributed by atoms with Gasteiger partial charge in [-0.1, -0.05) is 0 Å². The lowest BCUT2D eigenvalue weighted by Gasteiger charge is -2.32. The van der Waals surface area contributed by atoms with Gasteiger partial charge in [0, 0.05) is 57.9 Å². The Balaban J connectivity index is 0.967. The molecule has 0 amide bonds. The topological polar surface area (TPSA) is 118 Å². The highest BCUT2D eigenvalue weighted by Gasteiger charge is 2.25. The first-order valence-corrected chi connectivity index (χ1v) is 14.0. The molecule has 3 aromatic rings. The summed E-state index contributed by atoms with van der Waals surface area (Å²) in [6.07, 6.45) is 8.85. The van der Waals surface area contributed by atoms with Crippen LogP contribution in [0.4, 0.5) is 11.8 Å². The van der Waals surface area contributed by atoms with E-state index in [1.54, 1.807) is 16.9 Å². The zero-order valence-corrected chi connectivity index (χ0v) is 22.6. The van der Waals surface area contributed by atoms with E-state index in [1.807, 2.05) is 6.07 Å². The molecular formula is C26H38N10O3. The van der Waals surface area contributed by atoms with Gasteiger partial charge in [-0.05, 0) is 32.7 Å². The third-order valence-corrected chi connectivity index (χ3v) is 7.74. The van der Waals surface area contributed by atoms with Gasteiger partial charge in [0.1, 0.15) is 24.9 Å². The maximum Gasteiger partial charge on any atom is 0.321 e. The van der Waals surface area contributed by atoms with Crippen LogP contribution in [-0.2, 0) is 4.74 Å². The molecule has 0 unspecified atom stereocenters. The Labute approximate surface area is 228 Å². The van der Waals surface area contributed by atoms with Crippen molar-refractivity contribution in [3.05, 3.63) is 24.8 Å². The van der Waals surface area contributed by atoms with E-state index in [1.165, 1.54) is 6.33 Å². The second-order valence-corrected chi connectivity index (χ2v) is 10.5. The van der Waals surface area contributed by atoms with E-state index in [4.69, 9.17) is 19.2 Å². The number of hydrogen-bond acceptors (Lipinski definition) is 12. The number of nitrogens with zero attached hydrogens (tertiary/aromatic N) is 9. The molecule has 0 aromatic carbocycles. The number of likely N-dealkylation sites (N-methyl/N-ethyl adjacent to an activating group) is 1. The van der Waals surface area contributed by atoms with E-state index >= 15 is 0 Å². The molecule has 5 heterocycles. The number of fused-ring (bicyclic) bond motifs is 1. The lowest BCUT2D eigenvalue weighted by molar-refractivity contribution is 0.121. The Hall–Kier alpha value is -3.29. The molecule has 1 aliphatic carbocycles. The number of rotatable bonds is 9. The summed E-state index contributed by atoms with van der Waals surface area (Å²) >= 11 is 0. The number of ether oxygens (including phenoxy) is 3. The fourth-order valence-electron chi connectivity index (χ4n) is 5.31. The average Bonchev–Trinajstić information content (AvgIpc) is 3.46. The highest BCUT2D eigenvalue weighted by molar-refractivity contribution is 5.52. The molecule has 0 spiro atoms. The van der Waals surface area contributed by atoms with E-state index in [0.29, 0.717) is 43.6 Å². The molecule has 39 heavy (non-hydrogen) atoms. The summed E-state index contributed by atoms with van der Waals surface area (Å²) in [5.41, 5.74) is 0.737. The van der Waals surface area contributed by atoms with Gasteiger partial charge in [0.15, 0.2) is 11.4 Å². The lowest BCUT2D eigenvalue weighted by Crippen LogP contribution is -2.45. The first-order chi connectivity index (χ1) is 19.2. The summed E-state index contributed by atoms with van der Waals surface area (Å²) in [6, 6.07) is 2.75. The summed E-state index contributed by atoms with van der Waals surface area (Å²) < 4.78 is 19.4. The van der Waals surface area contributed by atoms with Crippen LogP contribution < -0.4 is 19.7 Å².